The van der Waals surface area contributed by atoms with Crippen LogP contribution in [0.1, 0.15) is 35.7 Å². The molecule has 0 bridgehead atoms. The predicted molar refractivity (Wildman–Crippen MR) is 78.3 cm³/mol. The SMILES string of the molecule is CCCN(CCO)C(=O)c1cccc(C#CCCO)c1. The number of nitrogens with zero attached hydrogens (tertiary/aromatic N) is 1. The summed E-state index contributed by atoms with van der Waals surface area (Å²) in [5, 5.41) is 17.7. The lowest BCUT2D eigenvalue weighted by molar-refractivity contribution is 0.0722. The first-order valence-corrected chi connectivity index (χ1v) is 6.82. The molecule has 0 saturated heterocycles. The van der Waals surface area contributed by atoms with Gasteiger partial charge in [-0.3, -0.25) is 4.79 Å². The van der Waals surface area contributed by atoms with Crippen LogP contribution in [0.5, 0.6) is 0 Å². The normalized spacial score (nSPS) is 9.75. The summed E-state index contributed by atoms with van der Waals surface area (Å²) in [5.41, 5.74) is 1.33. The molecule has 1 amide bonds. The van der Waals surface area contributed by atoms with Gasteiger partial charge >= 0.3 is 0 Å². The van der Waals surface area contributed by atoms with E-state index in [-0.39, 0.29) is 19.1 Å². The predicted octanol–water partition coefficient (Wildman–Crippen LogP) is 1.27. The third-order valence-corrected chi connectivity index (χ3v) is 2.73. The monoisotopic (exact) mass is 275 g/mol. The van der Waals surface area contributed by atoms with Gasteiger partial charge in [-0.2, -0.15) is 0 Å². The van der Waals surface area contributed by atoms with Gasteiger partial charge < -0.3 is 15.1 Å². The lowest BCUT2D eigenvalue weighted by Crippen LogP contribution is -2.34. The van der Waals surface area contributed by atoms with E-state index in [2.05, 4.69) is 11.8 Å². The number of benzene rings is 1. The summed E-state index contributed by atoms with van der Waals surface area (Å²) < 4.78 is 0. The van der Waals surface area contributed by atoms with Gasteiger partial charge in [0, 0.05) is 30.6 Å². The van der Waals surface area contributed by atoms with Crippen LogP contribution in [0.25, 0.3) is 0 Å². The zero-order valence-electron chi connectivity index (χ0n) is 11.8. The number of aliphatic hydroxyl groups is 2. The molecule has 1 aromatic carbocycles. The Morgan fingerprint density at radius 3 is 2.70 bits per heavy atom. The molecule has 4 heteroatoms. The van der Waals surface area contributed by atoms with Gasteiger partial charge in [0.25, 0.3) is 5.91 Å². The van der Waals surface area contributed by atoms with E-state index in [4.69, 9.17) is 10.2 Å². The third kappa shape index (κ3) is 5.04. The molecule has 0 spiro atoms. The molecule has 0 aromatic heterocycles. The summed E-state index contributed by atoms with van der Waals surface area (Å²) in [6.07, 6.45) is 1.27. The van der Waals surface area contributed by atoms with Crippen molar-refractivity contribution in [2.75, 3.05) is 26.3 Å². The lowest BCUT2D eigenvalue weighted by Gasteiger charge is -2.21. The number of rotatable bonds is 6. The number of amides is 1. The summed E-state index contributed by atoms with van der Waals surface area (Å²) in [4.78, 5) is 14.0. The average molecular weight is 275 g/mol. The molecule has 20 heavy (non-hydrogen) atoms. The Bertz CT molecular complexity index is 482. The van der Waals surface area contributed by atoms with Crippen molar-refractivity contribution in [3.63, 3.8) is 0 Å². The van der Waals surface area contributed by atoms with E-state index >= 15 is 0 Å². The molecule has 0 aliphatic heterocycles. The molecular weight excluding hydrogens is 254 g/mol. The molecule has 0 atom stereocenters. The maximum absolute atomic E-state index is 12.3. The highest BCUT2D eigenvalue weighted by atomic mass is 16.3. The Morgan fingerprint density at radius 2 is 2.05 bits per heavy atom. The summed E-state index contributed by atoms with van der Waals surface area (Å²) in [5.74, 6) is 5.65. The highest BCUT2D eigenvalue weighted by molar-refractivity contribution is 5.94. The third-order valence-electron chi connectivity index (χ3n) is 2.73. The van der Waals surface area contributed by atoms with E-state index in [1.807, 2.05) is 13.0 Å². The van der Waals surface area contributed by atoms with Crippen molar-refractivity contribution in [1.82, 2.24) is 4.90 Å². The van der Waals surface area contributed by atoms with Gasteiger partial charge in [-0.1, -0.05) is 24.8 Å². The second-order valence-corrected chi connectivity index (χ2v) is 4.37. The molecule has 1 rings (SSSR count). The minimum atomic E-state index is -0.0910. The summed E-state index contributed by atoms with van der Waals surface area (Å²) in [7, 11) is 0. The van der Waals surface area contributed by atoms with E-state index in [9.17, 15) is 4.79 Å². The first kappa shape index (κ1) is 16.2. The minimum Gasteiger partial charge on any atom is -0.395 e. The van der Waals surface area contributed by atoms with E-state index < -0.39 is 0 Å². The van der Waals surface area contributed by atoms with Crippen LogP contribution in [0.2, 0.25) is 0 Å². The largest absolute Gasteiger partial charge is 0.395 e. The number of carbonyl (C=O) groups excluding carboxylic acids is 1. The molecular formula is C16H21NO3. The lowest BCUT2D eigenvalue weighted by atomic mass is 10.1. The number of hydrogen-bond acceptors (Lipinski definition) is 3. The number of aliphatic hydroxyl groups excluding tert-OH is 2. The Balaban J connectivity index is 2.87. The molecule has 108 valence electrons. The minimum absolute atomic E-state index is 0.0341. The van der Waals surface area contributed by atoms with Gasteiger partial charge in [0.15, 0.2) is 0 Å². The van der Waals surface area contributed by atoms with Crippen LogP contribution in [0.3, 0.4) is 0 Å². The summed E-state index contributed by atoms with van der Waals surface area (Å²) in [6, 6.07) is 7.11. The molecule has 0 aliphatic carbocycles. The Kier molecular flexibility index (Phi) is 7.41. The molecule has 0 heterocycles. The van der Waals surface area contributed by atoms with Crippen molar-refractivity contribution >= 4 is 5.91 Å². The number of carbonyl (C=O) groups is 1. The Hall–Kier alpha value is -1.83. The molecule has 0 radical (unpaired) electrons. The molecule has 0 unspecified atom stereocenters. The highest BCUT2D eigenvalue weighted by Gasteiger charge is 2.14. The van der Waals surface area contributed by atoms with E-state index in [0.29, 0.717) is 25.1 Å². The first-order chi connectivity index (χ1) is 9.72. The molecule has 0 aliphatic rings. The second kappa shape index (κ2) is 9.13. The van der Waals surface area contributed by atoms with Gasteiger partial charge in [0.2, 0.25) is 0 Å². The van der Waals surface area contributed by atoms with Crippen molar-refractivity contribution < 1.29 is 15.0 Å². The Morgan fingerprint density at radius 1 is 1.25 bits per heavy atom. The highest BCUT2D eigenvalue weighted by Crippen LogP contribution is 2.08. The summed E-state index contributed by atoms with van der Waals surface area (Å²) >= 11 is 0. The van der Waals surface area contributed by atoms with Gasteiger partial charge in [-0.05, 0) is 24.6 Å². The molecule has 1 aromatic rings. The fourth-order valence-electron chi connectivity index (χ4n) is 1.84. The van der Waals surface area contributed by atoms with Crippen molar-refractivity contribution in [3.05, 3.63) is 35.4 Å². The fourth-order valence-corrected chi connectivity index (χ4v) is 1.84. The van der Waals surface area contributed by atoms with Crippen molar-refractivity contribution in [1.29, 1.82) is 0 Å². The quantitative estimate of drug-likeness (QED) is 0.769. The topological polar surface area (TPSA) is 60.8 Å². The smallest absolute Gasteiger partial charge is 0.253 e. The van der Waals surface area contributed by atoms with E-state index in [0.717, 1.165) is 12.0 Å². The van der Waals surface area contributed by atoms with Gasteiger partial charge in [0.05, 0.1) is 13.2 Å². The molecule has 0 fully saturated rings. The first-order valence-electron chi connectivity index (χ1n) is 6.82. The maximum atomic E-state index is 12.3. The fraction of sp³-hybridized carbons (Fsp3) is 0.438. The van der Waals surface area contributed by atoms with E-state index in [1.165, 1.54) is 0 Å². The maximum Gasteiger partial charge on any atom is 0.253 e. The second-order valence-electron chi connectivity index (χ2n) is 4.37. The van der Waals surface area contributed by atoms with Crippen molar-refractivity contribution in [2.45, 2.75) is 19.8 Å². The molecule has 4 nitrogen and oxygen atoms in total. The van der Waals surface area contributed by atoms with Crippen LogP contribution in [-0.2, 0) is 0 Å². The summed E-state index contributed by atoms with van der Waals surface area (Å²) in [6.45, 7) is 2.95. The standard InChI is InChI=1S/C16H21NO3/c1-2-9-17(10-12-19)16(20)15-8-5-7-14(13-15)6-3-4-11-18/h5,7-8,13,18-19H,2,4,9-12H2,1H3. The zero-order chi connectivity index (χ0) is 14.8. The van der Waals surface area contributed by atoms with Gasteiger partial charge in [-0.15, -0.1) is 0 Å². The van der Waals surface area contributed by atoms with Gasteiger partial charge in [-0.25, -0.2) is 0 Å². The van der Waals surface area contributed by atoms with Crippen LogP contribution in [0.15, 0.2) is 24.3 Å². The van der Waals surface area contributed by atoms with Crippen LogP contribution < -0.4 is 0 Å². The zero-order valence-corrected chi connectivity index (χ0v) is 11.8. The molecule has 2 N–H and O–H groups in total. The van der Waals surface area contributed by atoms with Crippen LogP contribution >= 0.6 is 0 Å². The van der Waals surface area contributed by atoms with Crippen LogP contribution in [-0.4, -0.2) is 47.3 Å². The average Bonchev–Trinajstić information content (AvgIpc) is 2.47. The van der Waals surface area contributed by atoms with Crippen molar-refractivity contribution in [2.24, 2.45) is 0 Å². The van der Waals surface area contributed by atoms with Crippen LogP contribution in [0, 0.1) is 11.8 Å². The van der Waals surface area contributed by atoms with Crippen LogP contribution in [0.4, 0.5) is 0 Å². The molecule has 0 saturated carbocycles. The van der Waals surface area contributed by atoms with Crippen molar-refractivity contribution in [3.8, 4) is 11.8 Å². The Labute approximate surface area is 120 Å². The van der Waals surface area contributed by atoms with Gasteiger partial charge in [0.1, 0.15) is 0 Å². The number of hydrogen-bond donors (Lipinski definition) is 2. The van der Waals surface area contributed by atoms with E-state index in [1.54, 1.807) is 23.1 Å².